The molecule has 0 spiro atoms. The Kier molecular flexibility index (Phi) is 8.39. The van der Waals surface area contributed by atoms with Crippen molar-refractivity contribution in [2.24, 2.45) is 0 Å². The molecule has 10 aromatic rings. The number of benzene rings is 9. The van der Waals surface area contributed by atoms with E-state index in [2.05, 4.69) is 210 Å². The van der Waals surface area contributed by atoms with Crippen LogP contribution in [0.4, 0.5) is 21.5 Å². The summed E-state index contributed by atoms with van der Waals surface area (Å²) in [6.07, 6.45) is 0. The fourth-order valence-corrected chi connectivity index (χ4v) is 13.5. The van der Waals surface area contributed by atoms with E-state index in [1.165, 1.54) is 26.1 Å². The van der Waals surface area contributed by atoms with Crippen molar-refractivity contribution >= 4 is 78.5 Å². The summed E-state index contributed by atoms with van der Waals surface area (Å²) in [5.74, 6) is -0.261. The van der Waals surface area contributed by atoms with Crippen LogP contribution in [0.2, 0.25) is 0 Å². The van der Waals surface area contributed by atoms with Crippen molar-refractivity contribution < 1.29 is 4.39 Å². The summed E-state index contributed by atoms with van der Waals surface area (Å²) in [6.45, 7) is 0. The van der Waals surface area contributed by atoms with Crippen LogP contribution in [0.25, 0.3) is 38.3 Å². The van der Waals surface area contributed by atoms with Crippen LogP contribution in [0.3, 0.4) is 0 Å². The first-order chi connectivity index (χ1) is 27.7. The average Bonchev–Trinajstić information content (AvgIpc) is 3.59. The molecule has 0 radical (unpaired) electrons. The highest BCUT2D eigenvalue weighted by atomic mass is 28.3. The van der Waals surface area contributed by atoms with Crippen molar-refractivity contribution in [3.8, 4) is 5.69 Å². The SMILES string of the molecule is Fc1ccc(N(c2ccc3c(c2)c2cc([Si](c4ccccc4)(c4ccccc4)c4ccccc4)ccc2n3-c2ccccc2)c2cccc3ccccc23)cc1. The van der Waals surface area contributed by atoms with Gasteiger partial charge in [-0.05, 0) is 92.9 Å². The van der Waals surface area contributed by atoms with E-state index in [0.717, 1.165) is 49.9 Å². The van der Waals surface area contributed by atoms with E-state index in [-0.39, 0.29) is 5.82 Å². The van der Waals surface area contributed by atoms with Crippen molar-refractivity contribution in [3.05, 3.63) is 230 Å². The topological polar surface area (TPSA) is 8.17 Å². The third-order valence-electron chi connectivity index (χ3n) is 11.2. The number of halogens is 1. The standard InChI is InChI=1S/C52H37FN2Si/c53-39-28-30-41(31-29-39)54(50-27-15-17-38-16-13-14-26-47(38)50)42-32-34-51-48(36-42)49-37-46(33-35-52(49)55(51)40-18-5-1-6-19-40)56(43-20-7-2-8-21-43,44-22-9-3-10-23-44)45-24-11-4-12-25-45/h1-37H. The monoisotopic (exact) mass is 736 g/mol. The number of nitrogens with zero attached hydrogens (tertiary/aromatic N) is 2. The van der Waals surface area contributed by atoms with E-state index >= 15 is 0 Å². The van der Waals surface area contributed by atoms with Gasteiger partial charge in [0.2, 0.25) is 0 Å². The normalized spacial score (nSPS) is 11.7. The van der Waals surface area contributed by atoms with Gasteiger partial charge in [-0.2, -0.15) is 0 Å². The summed E-state index contributed by atoms with van der Waals surface area (Å²) in [5.41, 5.74) is 6.28. The summed E-state index contributed by atoms with van der Waals surface area (Å²) in [4.78, 5) is 2.26. The van der Waals surface area contributed by atoms with Crippen LogP contribution in [-0.2, 0) is 0 Å². The van der Waals surface area contributed by atoms with Gasteiger partial charge < -0.3 is 9.47 Å². The van der Waals surface area contributed by atoms with Crippen molar-refractivity contribution in [2.75, 3.05) is 4.90 Å². The van der Waals surface area contributed by atoms with Crippen LogP contribution in [0.5, 0.6) is 0 Å². The van der Waals surface area contributed by atoms with E-state index < -0.39 is 8.07 Å². The second-order valence-electron chi connectivity index (χ2n) is 14.3. The lowest BCUT2D eigenvalue weighted by Crippen LogP contribution is -2.74. The van der Waals surface area contributed by atoms with Gasteiger partial charge in [0.25, 0.3) is 0 Å². The van der Waals surface area contributed by atoms with Crippen LogP contribution >= 0.6 is 0 Å². The lowest BCUT2D eigenvalue weighted by atomic mass is 10.1. The zero-order chi connectivity index (χ0) is 37.5. The summed E-state index contributed by atoms with van der Waals surface area (Å²) in [5, 5.41) is 9.92. The third-order valence-corrected chi connectivity index (χ3v) is 15.9. The number of para-hydroxylation sites is 1. The van der Waals surface area contributed by atoms with Crippen LogP contribution in [0, 0.1) is 5.82 Å². The molecule has 0 aliphatic heterocycles. The molecule has 1 heterocycles. The van der Waals surface area contributed by atoms with Crippen LogP contribution in [-0.4, -0.2) is 12.6 Å². The zero-order valence-electron chi connectivity index (χ0n) is 30.6. The Morgan fingerprint density at radius 3 is 1.50 bits per heavy atom. The molecule has 0 atom stereocenters. The van der Waals surface area contributed by atoms with Gasteiger partial charge in [0.05, 0.1) is 16.7 Å². The Bertz CT molecular complexity index is 2860. The first-order valence-electron chi connectivity index (χ1n) is 19.0. The highest BCUT2D eigenvalue weighted by Gasteiger charge is 2.41. The number of fused-ring (bicyclic) bond motifs is 4. The minimum absolute atomic E-state index is 0.261. The summed E-state index contributed by atoms with van der Waals surface area (Å²) < 4.78 is 16.8. The number of aromatic nitrogens is 1. The molecule has 2 nitrogen and oxygen atoms in total. The molecular formula is C52H37FN2Si. The molecule has 9 aromatic carbocycles. The number of anilines is 3. The first kappa shape index (κ1) is 33.5. The van der Waals surface area contributed by atoms with E-state index in [9.17, 15) is 4.39 Å². The molecule has 0 amide bonds. The van der Waals surface area contributed by atoms with Gasteiger partial charge in [-0.15, -0.1) is 0 Å². The molecule has 1 aromatic heterocycles. The highest BCUT2D eigenvalue weighted by molar-refractivity contribution is 7.20. The molecule has 0 aliphatic rings. The van der Waals surface area contributed by atoms with Crippen molar-refractivity contribution in [1.82, 2.24) is 4.57 Å². The van der Waals surface area contributed by atoms with Gasteiger partial charge in [-0.25, -0.2) is 4.39 Å². The fourth-order valence-electron chi connectivity index (χ4n) is 8.72. The lowest BCUT2D eigenvalue weighted by Gasteiger charge is -2.34. The predicted molar refractivity (Wildman–Crippen MR) is 237 cm³/mol. The van der Waals surface area contributed by atoms with Crippen molar-refractivity contribution in [3.63, 3.8) is 0 Å². The van der Waals surface area contributed by atoms with Gasteiger partial charge in [0, 0.05) is 33.2 Å². The summed E-state index contributed by atoms with van der Waals surface area (Å²) in [7, 11) is -2.81. The molecule has 0 bridgehead atoms. The van der Waals surface area contributed by atoms with Gasteiger partial charge in [-0.1, -0.05) is 158 Å². The molecule has 0 fully saturated rings. The van der Waals surface area contributed by atoms with E-state index in [1.807, 2.05) is 12.1 Å². The van der Waals surface area contributed by atoms with Crippen LogP contribution < -0.4 is 25.6 Å². The Balaban J connectivity index is 1.29. The van der Waals surface area contributed by atoms with Gasteiger partial charge in [-0.3, -0.25) is 0 Å². The van der Waals surface area contributed by atoms with Crippen molar-refractivity contribution in [1.29, 1.82) is 0 Å². The molecule has 266 valence electrons. The number of rotatable bonds is 8. The molecular weight excluding hydrogens is 700 g/mol. The minimum atomic E-state index is -2.81. The largest absolute Gasteiger partial charge is 0.310 e. The third kappa shape index (κ3) is 5.54. The number of hydrogen-bond donors (Lipinski definition) is 0. The fraction of sp³-hybridized carbons (Fsp3) is 0. The van der Waals surface area contributed by atoms with E-state index in [0.29, 0.717) is 0 Å². The van der Waals surface area contributed by atoms with Gasteiger partial charge >= 0.3 is 0 Å². The molecule has 0 saturated carbocycles. The van der Waals surface area contributed by atoms with E-state index in [1.54, 1.807) is 12.1 Å². The highest BCUT2D eigenvalue weighted by Crippen LogP contribution is 2.42. The van der Waals surface area contributed by atoms with Gasteiger partial charge in [0.15, 0.2) is 8.07 Å². The lowest BCUT2D eigenvalue weighted by molar-refractivity contribution is 0.628. The van der Waals surface area contributed by atoms with Gasteiger partial charge in [0.1, 0.15) is 5.82 Å². The second-order valence-corrected chi connectivity index (χ2v) is 18.1. The summed E-state index contributed by atoms with van der Waals surface area (Å²) in [6, 6.07) is 79.5. The second kappa shape index (κ2) is 14.0. The average molecular weight is 737 g/mol. The molecule has 4 heteroatoms. The molecule has 0 saturated heterocycles. The maximum atomic E-state index is 14.4. The Morgan fingerprint density at radius 2 is 0.875 bits per heavy atom. The first-order valence-corrected chi connectivity index (χ1v) is 21.0. The molecule has 10 rings (SSSR count). The van der Waals surface area contributed by atoms with E-state index in [4.69, 9.17) is 0 Å². The smallest absolute Gasteiger partial charge is 0.179 e. The molecule has 0 N–H and O–H groups in total. The Hall–Kier alpha value is -7.01. The Labute approximate surface area is 327 Å². The maximum Gasteiger partial charge on any atom is 0.179 e. The quantitative estimate of drug-likeness (QED) is 0.111. The predicted octanol–water partition coefficient (Wildman–Crippen LogP) is 10.9. The summed E-state index contributed by atoms with van der Waals surface area (Å²) >= 11 is 0. The Morgan fingerprint density at radius 1 is 0.375 bits per heavy atom. The molecule has 0 unspecified atom stereocenters. The maximum absolute atomic E-state index is 14.4. The molecule has 0 aliphatic carbocycles. The minimum Gasteiger partial charge on any atom is -0.310 e. The van der Waals surface area contributed by atoms with Crippen LogP contribution in [0.15, 0.2) is 224 Å². The molecule has 56 heavy (non-hydrogen) atoms. The number of hydrogen-bond acceptors (Lipinski definition) is 1. The van der Waals surface area contributed by atoms with Crippen molar-refractivity contribution in [2.45, 2.75) is 0 Å². The van der Waals surface area contributed by atoms with Crippen LogP contribution in [0.1, 0.15) is 0 Å². The zero-order valence-corrected chi connectivity index (χ0v) is 31.6.